The number of rotatable bonds is 6. The molecule has 0 saturated carbocycles. The van der Waals surface area contributed by atoms with Gasteiger partial charge >= 0.3 is 0 Å². The van der Waals surface area contributed by atoms with E-state index >= 15 is 0 Å². The van der Waals surface area contributed by atoms with Crippen molar-refractivity contribution in [1.82, 2.24) is 5.32 Å². The topological polar surface area (TPSA) is 39.7 Å². The van der Waals surface area contributed by atoms with Crippen LogP contribution >= 0.6 is 0 Å². The summed E-state index contributed by atoms with van der Waals surface area (Å²) in [5.41, 5.74) is 2.29. The summed E-state index contributed by atoms with van der Waals surface area (Å²) in [4.78, 5) is 0. The monoisotopic (exact) mass is 313 g/mol. The third-order valence-corrected chi connectivity index (χ3v) is 4.13. The number of benzene rings is 2. The van der Waals surface area contributed by atoms with Crippen LogP contribution in [0.25, 0.3) is 0 Å². The van der Waals surface area contributed by atoms with Gasteiger partial charge in [0.25, 0.3) is 0 Å². The first-order valence-corrected chi connectivity index (χ1v) is 7.94. The lowest BCUT2D eigenvalue weighted by molar-refractivity contribution is -0.0647. The Labute approximate surface area is 137 Å². The smallest absolute Gasteiger partial charge is 0.184 e. The number of ether oxygens (including phenoxy) is 3. The second kappa shape index (κ2) is 7.59. The minimum atomic E-state index is -0.299. The van der Waals surface area contributed by atoms with Gasteiger partial charge in [-0.1, -0.05) is 42.5 Å². The van der Waals surface area contributed by atoms with Gasteiger partial charge < -0.3 is 19.5 Å². The van der Waals surface area contributed by atoms with Crippen LogP contribution in [0, 0.1) is 0 Å². The molecule has 1 fully saturated rings. The van der Waals surface area contributed by atoms with Crippen molar-refractivity contribution in [3.63, 3.8) is 0 Å². The molecular weight excluding hydrogens is 290 g/mol. The first-order chi connectivity index (χ1) is 11.3. The second-order valence-electron chi connectivity index (χ2n) is 5.77. The van der Waals surface area contributed by atoms with Crippen molar-refractivity contribution in [2.24, 2.45) is 0 Å². The van der Waals surface area contributed by atoms with Crippen LogP contribution in [0.15, 0.2) is 54.6 Å². The Hall–Kier alpha value is -1.88. The van der Waals surface area contributed by atoms with E-state index in [0.717, 1.165) is 17.9 Å². The lowest BCUT2D eigenvalue weighted by Gasteiger charge is -2.20. The van der Waals surface area contributed by atoms with Crippen LogP contribution in [0.2, 0.25) is 0 Å². The zero-order chi connectivity index (χ0) is 16.1. The van der Waals surface area contributed by atoms with Crippen molar-refractivity contribution in [2.45, 2.75) is 31.9 Å². The van der Waals surface area contributed by atoms with Crippen molar-refractivity contribution in [3.05, 3.63) is 65.7 Å². The van der Waals surface area contributed by atoms with Crippen LogP contribution in [0.5, 0.6) is 5.75 Å². The minimum Gasteiger partial charge on any atom is -0.497 e. The molecule has 0 bridgehead atoms. The van der Waals surface area contributed by atoms with E-state index in [1.165, 1.54) is 5.56 Å². The Balaban J connectivity index is 1.52. The Morgan fingerprint density at radius 2 is 1.87 bits per heavy atom. The third kappa shape index (κ3) is 4.10. The summed E-state index contributed by atoms with van der Waals surface area (Å²) in [6, 6.07) is 18.4. The fraction of sp³-hybridized carbons (Fsp3) is 0.368. The van der Waals surface area contributed by atoms with Gasteiger partial charge in [0.05, 0.1) is 19.8 Å². The van der Waals surface area contributed by atoms with E-state index in [0.29, 0.717) is 6.61 Å². The highest BCUT2D eigenvalue weighted by atomic mass is 16.7. The van der Waals surface area contributed by atoms with Crippen molar-refractivity contribution in [1.29, 1.82) is 0 Å². The highest BCUT2D eigenvalue weighted by Crippen LogP contribution is 2.29. The molecule has 0 amide bonds. The van der Waals surface area contributed by atoms with Gasteiger partial charge in [0, 0.05) is 18.2 Å². The zero-order valence-electron chi connectivity index (χ0n) is 13.6. The summed E-state index contributed by atoms with van der Waals surface area (Å²) in [6.07, 6.45) is -0.252. The summed E-state index contributed by atoms with van der Waals surface area (Å²) in [5.74, 6) is 0.834. The van der Waals surface area contributed by atoms with Crippen molar-refractivity contribution in [2.75, 3.05) is 13.7 Å². The van der Waals surface area contributed by atoms with Gasteiger partial charge in [-0.2, -0.15) is 0 Å². The quantitative estimate of drug-likeness (QED) is 0.888. The van der Waals surface area contributed by atoms with Gasteiger partial charge in [0.15, 0.2) is 6.29 Å². The Morgan fingerprint density at radius 3 is 2.57 bits per heavy atom. The lowest BCUT2D eigenvalue weighted by Crippen LogP contribution is -2.38. The van der Waals surface area contributed by atoms with E-state index in [1.54, 1.807) is 7.11 Å². The molecule has 1 N–H and O–H groups in total. The van der Waals surface area contributed by atoms with Gasteiger partial charge in [-0.25, -0.2) is 0 Å². The molecule has 1 aliphatic rings. The van der Waals surface area contributed by atoms with Crippen molar-refractivity contribution < 1.29 is 14.2 Å². The average Bonchev–Trinajstić information content (AvgIpc) is 3.11. The number of nitrogens with one attached hydrogen (secondary N) is 1. The molecule has 4 heteroatoms. The maximum Gasteiger partial charge on any atom is 0.184 e. The fourth-order valence-corrected chi connectivity index (χ4v) is 2.62. The van der Waals surface area contributed by atoms with Crippen molar-refractivity contribution in [3.8, 4) is 5.75 Å². The highest BCUT2D eigenvalue weighted by molar-refractivity contribution is 5.28. The van der Waals surface area contributed by atoms with Crippen molar-refractivity contribution >= 4 is 0 Å². The van der Waals surface area contributed by atoms with E-state index in [-0.39, 0.29) is 18.4 Å². The average molecular weight is 313 g/mol. The van der Waals surface area contributed by atoms with E-state index in [2.05, 4.69) is 36.5 Å². The summed E-state index contributed by atoms with van der Waals surface area (Å²) in [5, 5.41) is 3.51. The molecule has 3 rings (SSSR count). The summed E-state index contributed by atoms with van der Waals surface area (Å²) in [6.45, 7) is 3.56. The molecule has 122 valence electrons. The first kappa shape index (κ1) is 16.0. The first-order valence-electron chi connectivity index (χ1n) is 7.94. The van der Waals surface area contributed by atoms with Crippen LogP contribution < -0.4 is 10.1 Å². The highest BCUT2D eigenvalue weighted by Gasteiger charge is 2.31. The molecule has 0 radical (unpaired) electrons. The molecule has 23 heavy (non-hydrogen) atoms. The molecular formula is C19H23NO3. The number of hydrogen-bond donors (Lipinski definition) is 1. The molecule has 4 nitrogen and oxygen atoms in total. The molecule has 1 unspecified atom stereocenters. The van der Waals surface area contributed by atoms with Crippen LogP contribution in [-0.4, -0.2) is 25.9 Å². The van der Waals surface area contributed by atoms with Gasteiger partial charge in [0.2, 0.25) is 0 Å². The molecule has 3 atom stereocenters. The third-order valence-electron chi connectivity index (χ3n) is 4.13. The molecule has 0 aliphatic carbocycles. The molecule has 1 heterocycles. The minimum absolute atomic E-state index is 0.0470. The Morgan fingerprint density at radius 1 is 1.13 bits per heavy atom. The predicted molar refractivity (Wildman–Crippen MR) is 89.3 cm³/mol. The molecule has 2 aromatic rings. The van der Waals surface area contributed by atoms with Crippen LogP contribution in [0.4, 0.5) is 0 Å². The maximum atomic E-state index is 6.05. The summed E-state index contributed by atoms with van der Waals surface area (Å²) < 4.78 is 17.0. The predicted octanol–water partition coefficient (Wildman–Crippen LogP) is 3.29. The summed E-state index contributed by atoms with van der Waals surface area (Å²) in [7, 11) is 1.66. The zero-order valence-corrected chi connectivity index (χ0v) is 13.6. The molecule has 1 aliphatic heterocycles. The SMILES string of the molecule is COc1ccc(C2OC[C@@H]([C@H](C)NCc3ccccc3)O2)cc1. The number of hydrogen-bond acceptors (Lipinski definition) is 4. The molecule has 2 aromatic carbocycles. The fourth-order valence-electron chi connectivity index (χ4n) is 2.62. The van der Waals surface area contributed by atoms with Gasteiger partial charge in [0.1, 0.15) is 5.75 Å². The van der Waals surface area contributed by atoms with Crippen LogP contribution in [0.3, 0.4) is 0 Å². The van der Waals surface area contributed by atoms with Crippen LogP contribution in [0.1, 0.15) is 24.3 Å². The van der Waals surface area contributed by atoms with Crippen LogP contribution in [-0.2, 0) is 16.0 Å². The lowest BCUT2D eigenvalue weighted by atomic mass is 10.1. The van der Waals surface area contributed by atoms with E-state index in [1.807, 2.05) is 30.3 Å². The van der Waals surface area contributed by atoms with Gasteiger partial charge in [-0.3, -0.25) is 0 Å². The molecule has 0 aromatic heterocycles. The van der Waals surface area contributed by atoms with Gasteiger partial charge in [-0.05, 0) is 24.6 Å². The van der Waals surface area contributed by atoms with E-state index < -0.39 is 0 Å². The molecule has 1 saturated heterocycles. The maximum absolute atomic E-state index is 6.05. The Kier molecular flexibility index (Phi) is 5.28. The molecule has 0 spiro atoms. The largest absolute Gasteiger partial charge is 0.497 e. The number of methoxy groups -OCH3 is 1. The normalized spacial score (nSPS) is 22.0. The second-order valence-corrected chi connectivity index (χ2v) is 5.77. The van der Waals surface area contributed by atoms with E-state index in [9.17, 15) is 0 Å². The standard InChI is InChI=1S/C19H23NO3/c1-14(20-12-15-6-4-3-5-7-15)18-13-22-19(23-18)16-8-10-17(21-2)11-9-16/h3-11,14,18-20H,12-13H2,1-2H3/t14-,18-,19?/m0/s1. The van der Waals surface area contributed by atoms with E-state index in [4.69, 9.17) is 14.2 Å². The Bertz CT molecular complexity index is 600. The van der Waals surface area contributed by atoms with Gasteiger partial charge in [-0.15, -0.1) is 0 Å². The summed E-state index contributed by atoms with van der Waals surface area (Å²) >= 11 is 0.